The van der Waals surface area contributed by atoms with Gasteiger partial charge in [0, 0.05) is 13.1 Å². The first-order valence-corrected chi connectivity index (χ1v) is 9.08. The maximum atomic E-state index is 12.9. The number of hydrogen-bond donors (Lipinski definition) is 0. The number of anilines is 1. The predicted octanol–water partition coefficient (Wildman–Crippen LogP) is 2.48. The molecule has 7 heteroatoms. The molecule has 2 aromatic rings. The lowest BCUT2D eigenvalue weighted by Crippen LogP contribution is -2.46. The van der Waals surface area contributed by atoms with Crippen LogP contribution in [0.15, 0.2) is 42.5 Å². The Labute approximate surface area is 164 Å². The van der Waals surface area contributed by atoms with Crippen molar-refractivity contribution in [3.63, 3.8) is 0 Å². The van der Waals surface area contributed by atoms with Crippen molar-refractivity contribution >= 4 is 17.5 Å². The molecule has 148 valence electrons. The van der Waals surface area contributed by atoms with E-state index in [-0.39, 0.29) is 25.0 Å². The van der Waals surface area contributed by atoms with E-state index >= 15 is 0 Å². The second kappa shape index (κ2) is 8.65. The normalized spacial score (nSPS) is 12.8. The van der Waals surface area contributed by atoms with Gasteiger partial charge in [0.1, 0.15) is 12.3 Å². The van der Waals surface area contributed by atoms with Gasteiger partial charge in [-0.2, -0.15) is 0 Å². The summed E-state index contributed by atoms with van der Waals surface area (Å²) in [5.41, 5.74) is 1.54. The number of methoxy groups -OCH3 is 2. The Kier molecular flexibility index (Phi) is 6.03. The third kappa shape index (κ3) is 4.03. The zero-order valence-corrected chi connectivity index (χ0v) is 16.3. The summed E-state index contributed by atoms with van der Waals surface area (Å²) in [5, 5.41) is 0. The highest BCUT2D eigenvalue weighted by Gasteiger charge is 2.28. The number of carbonyl (C=O) groups is 2. The molecule has 0 saturated heterocycles. The number of ether oxygens (including phenoxy) is 3. The van der Waals surface area contributed by atoms with Crippen LogP contribution in [0.2, 0.25) is 0 Å². The lowest BCUT2D eigenvalue weighted by Gasteiger charge is -2.31. The fourth-order valence-electron chi connectivity index (χ4n) is 3.14. The highest BCUT2D eigenvalue weighted by molar-refractivity contribution is 6.02. The van der Waals surface area contributed by atoms with E-state index in [4.69, 9.17) is 14.2 Å². The minimum atomic E-state index is -0.228. The molecule has 0 radical (unpaired) electrons. The number of nitrogens with zero attached hydrogens (tertiary/aromatic N) is 2. The number of rotatable bonds is 7. The summed E-state index contributed by atoms with van der Waals surface area (Å²) in [4.78, 5) is 28.4. The number of amides is 2. The number of fused-ring (bicyclic) bond motifs is 1. The first-order valence-electron chi connectivity index (χ1n) is 9.08. The van der Waals surface area contributed by atoms with Crippen LogP contribution in [-0.4, -0.2) is 50.6 Å². The third-order valence-electron chi connectivity index (χ3n) is 4.66. The molecule has 7 nitrogen and oxygen atoms in total. The summed E-state index contributed by atoms with van der Waals surface area (Å²) in [6.45, 7) is 2.75. The van der Waals surface area contributed by atoms with Gasteiger partial charge in [-0.1, -0.05) is 18.2 Å². The highest BCUT2D eigenvalue weighted by atomic mass is 16.5. The minimum Gasteiger partial charge on any atom is -0.493 e. The molecule has 2 aromatic carbocycles. The zero-order valence-electron chi connectivity index (χ0n) is 16.3. The van der Waals surface area contributed by atoms with E-state index < -0.39 is 0 Å². The molecule has 3 rings (SSSR count). The maximum absolute atomic E-state index is 12.9. The molecule has 0 N–H and O–H groups in total. The molecule has 2 amide bonds. The summed E-state index contributed by atoms with van der Waals surface area (Å²) in [7, 11) is 3.16. The number of hydrogen-bond acceptors (Lipinski definition) is 5. The van der Waals surface area contributed by atoms with Gasteiger partial charge in [0.2, 0.25) is 5.91 Å². The van der Waals surface area contributed by atoms with E-state index in [2.05, 4.69) is 0 Å². The fraction of sp³-hybridized carbons (Fsp3) is 0.333. The van der Waals surface area contributed by atoms with Gasteiger partial charge in [0.25, 0.3) is 5.91 Å². The van der Waals surface area contributed by atoms with E-state index in [1.54, 1.807) is 31.3 Å². The van der Waals surface area contributed by atoms with Crippen molar-refractivity contribution in [2.75, 3.05) is 38.8 Å². The summed E-state index contributed by atoms with van der Waals surface area (Å²) in [6.07, 6.45) is 0. The molecule has 0 spiro atoms. The fourth-order valence-corrected chi connectivity index (χ4v) is 3.14. The predicted molar refractivity (Wildman–Crippen MR) is 105 cm³/mol. The molecule has 1 aliphatic rings. The third-order valence-corrected chi connectivity index (χ3v) is 4.66. The van der Waals surface area contributed by atoms with Gasteiger partial charge >= 0.3 is 0 Å². The molecule has 0 fully saturated rings. The molecule has 0 unspecified atom stereocenters. The van der Waals surface area contributed by atoms with Crippen LogP contribution < -0.4 is 19.1 Å². The van der Waals surface area contributed by atoms with Crippen LogP contribution in [0.25, 0.3) is 0 Å². The molecule has 1 heterocycles. The van der Waals surface area contributed by atoms with E-state index in [1.807, 2.05) is 37.3 Å². The Balaban J connectivity index is 1.75. The number of benzene rings is 2. The molecular weight excluding hydrogens is 360 g/mol. The van der Waals surface area contributed by atoms with E-state index in [0.29, 0.717) is 36.0 Å². The topological polar surface area (TPSA) is 68.3 Å². The van der Waals surface area contributed by atoms with Gasteiger partial charge in [-0.3, -0.25) is 14.5 Å². The first-order chi connectivity index (χ1) is 13.6. The Bertz CT molecular complexity index is 868. The second-order valence-corrected chi connectivity index (χ2v) is 6.33. The average molecular weight is 384 g/mol. The van der Waals surface area contributed by atoms with Crippen LogP contribution in [0, 0.1) is 0 Å². The molecule has 0 saturated carbocycles. The first kappa shape index (κ1) is 19.5. The summed E-state index contributed by atoms with van der Waals surface area (Å²) in [6, 6.07) is 12.8. The van der Waals surface area contributed by atoms with Crippen LogP contribution in [0.5, 0.6) is 17.2 Å². The van der Waals surface area contributed by atoms with Crippen molar-refractivity contribution in [3.05, 3.63) is 48.0 Å². The van der Waals surface area contributed by atoms with Gasteiger partial charge < -0.3 is 19.1 Å². The van der Waals surface area contributed by atoms with Gasteiger partial charge in [0.15, 0.2) is 18.1 Å². The van der Waals surface area contributed by atoms with Crippen LogP contribution in [0.4, 0.5) is 5.69 Å². The van der Waals surface area contributed by atoms with Gasteiger partial charge in [-0.15, -0.1) is 0 Å². The SMILES string of the molecule is CCN(Cc1ccc(OC)c(OC)c1)C(=O)CN1C(=O)COc2ccccc21. The van der Waals surface area contributed by atoms with Crippen LogP contribution in [0.3, 0.4) is 0 Å². The summed E-state index contributed by atoms with van der Waals surface area (Å²) < 4.78 is 16.0. The monoisotopic (exact) mass is 384 g/mol. The Hall–Kier alpha value is -3.22. The van der Waals surface area contributed by atoms with E-state index in [1.165, 1.54) is 4.90 Å². The number of carbonyl (C=O) groups excluding carboxylic acids is 2. The molecule has 0 aliphatic carbocycles. The number of para-hydroxylation sites is 2. The quantitative estimate of drug-likeness (QED) is 0.734. The van der Waals surface area contributed by atoms with Gasteiger partial charge in [-0.05, 0) is 36.8 Å². The smallest absolute Gasteiger partial charge is 0.265 e. The molecular formula is C21H24N2O5. The Morgan fingerprint density at radius 1 is 1.14 bits per heavy atom. The van der Waals surface area contributed by atoms with Crippen LogP contribution in [-0.2, 0) is 16.1 Å². The van der Waals surface area contributed by atoms with E-state index in [9.17, 15) is 9.59 Å². The molecule has 0 atom stereocenters. The standard InChI is InChI=1S/C21H24N2O5/c1-4-22(12-15-9-10-18(26-2)19(11-15)27-3)20(24)13-23-16-7-5-6-8-17(16)28-14-21(23)25/h5-11H,4,12-14H2,1-3H3. The van der Waals surface area contributed by atoms with Crippen molar-refractivity contribution in [2.45, 2.75) is 13.5 Å². The minimum absolute atomic E-state index is 0.0274. The molecule has 1 aliphatic heterocycles. The second-order valence-electron chi connectivity index (χ2n) is 6.33. The van der Waals surface area contributed by atoms with Crippen molar-refractivity contribution < 1.29 is 23.8 Å². The zero-order chi connectivity index (χ0) is 20.1. The van der Waals surface area contributed by atoms with Gasteiger partial charge in [-0.25, -0.2) is 0 Å². The maximum Gasteiger partial charge on any atom is 0.265 e. The average Bonchev–Trinajstić information content (AvgIpc) is 2.73. The van der Waals surface area contributed by atoms with Crippen molar-refractivity contribution in [1.82, 2.24) is 4.90 Å². The van der Waals surface area contributed by atoms with Crippen molar-refractivity contribution in [2.24, 2.45) is 0 Å². The summed E-state index contributed by atoms with van der Waals surface area (Å²) >= 11 is 0. The molecule has 0 bridgehead atoms. The summed E-state index contributed by atoms with van der Waals surface area (Å²) in [5.74, 6) is 1.49. The lowest BCUT2D eigenvalue weighted by molar-refractivity contribution is -0.132. The van der Waals surface area contributed by atoms with Crippen molar-refractivity contribution in [3.8, 4) is 17.2 Å². The molecule has 0 aromatic heterocycles. The lowest BCUT2D eigenvalue weighted by atomic mass is 10.1. The Morgan fingerprint density at radius 3 is 2.61 bits per heavy atom. The van der Waals surface area contributed by atoms with E-state index in [0.717, 1.165) is 5.56 Å². The number of likely N-dealkylation sites (N-methyl/N-ethyl adjacent to an activating group) is 1. The molecule has 28 heavy (non-hydrogen) atoms. The highest BCUT2D eigenvalue weighted by Crippen LogP contribution is 2.31. The van der Waals surface area contributed by atoms with Crippen molar-refractivity contribution in [1.29, 1.82) is 0 Å². The van der Waals surface area contributed by atoms with Gasteiger partial charge in [0.05, 0.1) is 19.9 Å². The Morgan fingerprint density at radius 2 is 1.89 bits per heavy atom. The largest absolute Gasteiger partial charge is 0.493 e. The van der Waals surface area contributed by atoms with Crippen LogP contribution in [0.1, 0.15) is 12.5 Å². The van der Waals surface area contributed by atoms with Crippen LogP contribution >= 0.6 is 0 Å².